The number of halogens is 1. The summed E-state index contributed by atoms with van der Waals surface area (Å²) in [4.78, 5) is 18.0. The fourth-order valence-electron chi connectivity index (χ4n) is 2.80. The number of hydrogen-bond acceptors (Lipinski definition) is 7. The third kappa shape index (κ3) is 4.52. The van der Waals surface area contributed by atoms with E-state index in [1.807, 2.05) is 11.4 Å². The number of anilines is 1. The molecule has 11 heteroatoms. The van der Waals surface area contributed by atoms with Gasteiger partial charge >= 0.3 is 0 Å². The zero-order valence-electron chi connectivity index (χ0n) is 15.0. The number of hydrogen-bond donors (Lipinski definition) is 1. The van der Waals surface area contributed by atoms with Crippen molar-refractivity contribution in [2.24, 2.45) is 0 Å². The fourth-order valence-corrected chi connectivity index (χ4v) is 6.04. The van der Waals surface area contributed by atoms with Crippen molar-refractivity contribution in [2.45, 2.75) is 4.90 Å². The summed E-state index contributed by atoms with van der Waals surface area (Å²) in [6, 6.07) is 9.66. The third-order valence-corrected chi connectivity index (χ3v) is 8.16. The first-order valence-corrected chi connectivity index (χ1v) is 12.2. The number of aromatic nitrogens is 1. The Kier molecular flexibility index (Phi) is 6.00. The van der Waals surface area contributed by atoms with Crippen LogP contribution in [0.4, 0.5) is 5.13 Å². The lowest BCUT2D eigenvalue weighted by atomic mass is 10.2. The Morgan fingerprint density at radius 3 is 2.72 bits per heavy atom. The second-order valence-corrected chi connectivity index (χ2v) is 10.7. The Bertz CT molecular complexity index is 1140. The number of amides is 1. The van der Waals surface area contributed by atoms with E-state index in [0.29, 0.717) is 35.8 Å². The molecule has 2 aromatic heterocycles. The van der Waals surface area contributed by atoms with Gasteiger partial charge in [0.05, 0.1) is 33.0 Å². The highest BCUT2D eigenvalue weighted by atomic mass is 35.5. The highest BCUT2D eigenvalue weighted by molar-refractivity contribution is 7.89. The van der Waals surface area contributed by atoms with Gasteiger partial charge in [-0.2, -0.15) is 4.31 Å². The minimum absolute atomic E-state index is 0.0834. The molecule has 3 aromatic rings. The van der Waals surface area contributed by atoms with Gasteiger partial charge in [0.25, 0.3) is 5.91 Å². The number of nitrogens with one attached hydrogen (secondary N) is 1. The van der Waals surface area contributed by atoms with Gasteiger partial charge in [0.2, 0.25) is 10.0 Å². The summed E-state index contributed by atoms with van der Waals surface area (Å²) in [6.45, 7) is 1.32. The minimum Gasteiger partial charge on any atom is -0.379 e. The number of ether oxygens (including phenoxy) is 1. The van der Waals surface area contributed by atoms with Crippen LogP contribution < -0.4 is 5.32 Å². The summed E-state index contributed by atoms with van der Waals surface area (Å²) in [5, 5.41) is 4.98. The second-order valence-electron chi connectivity index (χ2n) is 6.14. The molecule has 0 bridgehead atoms. The van der Waals surface area contributed by atoms with E-state index >= 15 is 0 Å². The molecule has 1 saturated heterocycles. The monoisotopic (exact) mass is 469 g/mol. The molecular weight excluding hydrogens is 454 g/mol. The van der Waals surface area contributed by atoms with E-state index in [9.17, 15) is 13.2 Å². The van der Waals surface area contributed by atoms with E-state index in [0.717, 1.165) is 10.6 Å². The molecule has 1 aliphatic heterocycles. The third-order valence-electron chi connectivity index (χ3n) is 4.25. The van der Waals surface area contributed by atoms with Crippen LogP contribution in [0.5, 0.6) is 0 Å². The topological polar surface area (TPSA) is 88.6 Å². The SMILES string of the molecule is O=C(Nc1nc(-c2ccc(Cl)s2)cs1)c1cccc(S(=O)(=O)N2CCOCC2)c1. The molecule has 0 spiro atoms. The molecule has 0 saturated carbocycles. The molecule has 0 radical (unpaired) electrons. The maximum absolute atomic E-state index is 12.8. The van der Waals surface area contributed by atoms with Gasteiger partial charge < -0.3 is 4.74 Å². The molecule has 1 aliphatic rings. The number of thiazole rings is 1. The Morgan fingerprint density at radius 1 is 1.21 bits per heavy atom. The normalized spacial score (nSPS) is 15.3. The summed E-state index contributed by atoms with van der Waals surface area (Å²) >= 11 is 8.65. The van der Waals surface area contributed by atoms with Crippen molar-refractivity contribution in [3.05, 3.63) is 51.7 Å². The average molecular weight is 470 g/mol. The second kappa shape index (κ2) is 8.50. The predicted octanol–water partition coefficient (Wildman–Crippen LogP) is 3.80. The van der Waals surface area contributed by atoms with Gasteiger partial charge in [-0.15, -0.1) is 22.7 Å². The first kappa shape index (κ1) is 20.5. The zero-order chi connectivity index (χ0) is 20.4. The molecule has 7 nitrogen and oxygen atoms in total. The van der Waals surface area contributed by atoms with Crippen molar-refractivity contribution in [3.63, 3.8) is 0 Å². The molecule has 3 heterocycles. The van der Waals surface area contributed by atoms with Crippen LogP contribution in [0.2, 0.25) is 4.34 Å². The molecule has 1 aromatic carbocycles. The number of benzene rings is 1. The van der Waals surface area contributed by atoms with Crippen LogP contribution in [0, 0.1) is 0 Å². The largest absolute Gasteiger partial charge is 0.379 e. The first-order chi connectivity index (χ1) is 13.9. The van der Waals surface area contributed by atoms with E-state index in [1.54, 1.807) is 18.2 Å². The molecule has 1 amide bonds. The Balaban J connectivity index is 1.51. The lowest BCUT2D eigenvalue weighted by molar-refractivity contribution is 0.0730. The van der Waals surface area contributed by atoms with Gasteiger partial charge in [-0.25, -0.2) is 13.4 Å². The summed E-state index contributed by atoms with van der Waals surface area (Å²) in [6.07, 6.45) is 0. The lowest BCUT2D eigenvalue weighted by Crippen LogP contribution is -2.40. The van der Waals surface area contributed by atoms with Gasteiger partial charge in [0.1, 0.15) is 0 Å². The van der Waals surface area contributed by atoms with Crippen LogP contribution in [0.15, 0.2) is 46.7 Å². The zero-order valence-corrected chi connectivity index (χ0v) is 18.2. The summed E-state index contributed by atoms with van der Waals surface area (Å²) in [5.74, 6) is -0.422. The average Bonchev–Trinajstić information content (AvgIpc) is 3.37. The number of morpholine rings is 1. The molecule has 0 aliphatic carbocycles. The van der Waals surface area contributed by atoms with Crippen LogP contribution in [0.3, 0.4) is 0 Å². The molecule has 1 fully saturated rings. The van der Waals surface area contributed by atoms with E-state index in [-0.39, 0.29) is 10.5 Å². The first-order valence-electron chi connectivity index (χ1n) is 8.64. The summed E-state index contributed by atoms with van der Waals surface area (Å²) in [7, 11) is -3.67. The van der Waals surface area contributed by atoms with Crippen LogP contribution >= 0.6 is 34.3 Å². The quantitative estimate of drug-likeness (QED) is 0.614. The van der Waals surface area contributed by atoms with E-state index in [4.69, 9.17) is 16.3 Å². The molecule has 0 unspecified atom stereocenters. The Labute approximate surface area is 181 Å². The number of nitrogens with zero attached hydrogens (tertiary/aromatic N) is 2. The minimum atomic E-state index is -3.67. The molecule has 0 atom stereocenters. The summed E-state index contributed by atoms with van der Waals surface area (Å²) in [5.41, 5.74) is 0.973. The molecule has 1 N–H and O–H groups in total. The maximum Gasteiger partial charge on any atom is 0.257 e. The molecule has 29 heavy (non-hydrogen) atoms. The number of thiophene rings is 1. The van der Waals surface area contributed by atoms with Crippen molar-refractivity contribution in [1.29, 1.82) is 0 Å². The van der Waals surface area contributed by atoms with Gasteiger partial charge in [-0.05, 0) is 30.3 Å². The van der Waals surface area contributed by atoms with Crippen molar-refractivity contribution >= 4 is 55.3 Å². The number of carbonyl (C=O) groups is 1. The molecule has 152 valence electrons. The predicted molar refractivity (Wildman–Crippen MR) is 114 cm³/mol. The van der Waals surface area contributed by atoms with Crippen molar-refractivity contribution in [2.75, 3.05) is 31.6 Å². The van der Waals surface area contributed by atoms with Crippen LogP contribution in [0.1, 0.15) is 10.4 Å². The van der Waals surface area contributed by atoms with E-state index < -0.39 is 15.9 Å². The Morgan fingerprint density at radius 2 is 2.00 bits per heavy atom. The van der Waals surface area contributed by atoms with Gasteiger partial charge in [-0.3, -0.25) is 10.1 Å². The highest BCUT2D eigenvalue weighted by Crippen LogP contribution is 2.33. The van der Waals surface area contributed by atoms with Gasteiger partial charge in [0, 0.05) is 24.0 Å². The number of carbonyl (C=O) groups excluding carboxylic acids is 1. The van der Waals surface area contributed by atoms with Gasteiger partial charge in [-0.1, -0.05) is 17.7 Å². The highest BCUT2D eigenvalue weighted by Gasteiger charge is 2.27. The van der Waals surface area contributed by atoms with Crippen LogP contribution in [-0.2, 0) is 14.8 Å². The standard InChI is InChI=1S/C18H16ClN3O4S3/c19-16-5-4-15(28-16)14-11-27-18(20-14)21-17(23)12-2-1-3-13(10-12)29(24,25)22-6-8-26-9-7-22/h1-5,10-11H,6-9H2,(H,20,21,23). The Hall–Kier alpha value is -1.82. The lowest BCUT2D eigenvalue weighted by Gasteiger charge is -2.26. The molecular formula is C18H16ClN3O4S3. The van der Waals surface area contributed by atoms with Crippen molar-refractivity contribution in [3.8, 4) is 10.6 Å². The van der Waals surface area contributed by atoms with Crippen molar-refractivity contribution in [1.82, 2.24) is 9.29 Å². The summed E-state index contributed by atoms with van der Waals surface area (Å²) < 4.78 is 32.8. The number of sulfonamides is 1. The van der Waals surface area contributed by atoms with Gasteiger partial charge in [0.15, 0.2) is 5.13 Å². The smallest absolute Gasteiger partial charge is 0.257 e. The van der Waals surface area contributed by atoms with E-state index in [1.165, 1.54) is 39.1 Å². The molecule has 4 rings (SSSR count). The van der Waals surface area contributed by atoms with Crippen LogP contribution in [0.25, 0.3) is 10.6 Å². The van der Waals surface area contributed by atoms with E-state index in [2.05, 4.69) is 10.3 Å². The number of rotatable bonds is 5. The van der Waals surface area contributed by atoms with Crippen molar-refractivity contribution < 1.29 is 17.9 Å². The maximum atomic E-state index is 12.8. The van der Waals surface area contributed by atoms with Crippen LogP contribution in [-0.4, -0.2) is 49.9 Å². The fraction of sp³-hybridized carbons (Fsp3) is 0.222.